The van der Waals surface area contributed by atoms with Crippen LogP contribution in [0.5, 0.6) is 5.75 Å². The van der Waals surface area contributed by atoms with Crippen molar-refractivity contribution < 1.29 is 14.6 Å². The van der Waals surface area contributed by atoms with Crippen LogP contribution in [0, 0.1) is 0 Å². The number of hydrogen-bond acceptors (Lipinski definition) is 7. The highest BCUT2D eigenvalue weighted by atomic mass is 16.6. The number of carbonyl (C=O) groups is 1. The van der Waals surface area contributed by atoms with Crippen LogP contribution >= 0.6 is 0 Å². The molecule has 1 aliphatic heterocycles. The summed E-state index contributed by atoms with van der Waals surface area (Å²) in [4.78, 5) is 25.1. The number of amides is 1. The molecule has 1 aliphatic rings. The van der Waals surface area contributed by atoms with Gasteiger partial charge in [-0.05, 0) is 45.0 Å². The minimum atomic E-state index is -0.507. The molecule has 8 heteroatoms. The van der Waals surface area contributed by atoms with E-state index >= 15 is 0 Å². The quantitative estimate of drug-likeness (QED) is 0.621. The fourth-order valence-corrected chi connectivity index (χ4v) is 3.78. The number of para-hydroxylation sites is 1. The lowest BCUT2D eigenvalue weighted by molar-refractivity contribution is 0.0240. The Morgan fingerprint density at radius 3 is 2.45 bits per heavy atom. The second-order valence-corrected chi connectivity index (χ2v) is 9.03. The van der Waals surface area contributed by atoms with Gasteiger partial charge in [-0.3, -0.25) is 4.98 Å². The number of carbonyl (C=O) groups excluding carboxylic acids is 1. The SMILES string of the molecule is CC(C)(C)OC(=O)N1CCN(c2ccnc(-c3cc(-c4ccccc4O)cnc3N)c2)CC1. The number of phenols is 1. The van der Waals surface area contributed by atoms with Crippen molar-refractivity contribution in [2.24, 2.45) is 0 Å². The predicted molar refractivity (Wildman–Crippen MR) is 129 cm³/mol. The third-order valence-electron chi connectivity index (χ3n) is 5.45. The molecule has 8 nitrogen and oxygen atoms in total. The van der Waals surface area contributed by atoms with E-state index in [9.17, 15) is 9.90 Å². The number of hydrogen-bond donors (Lipinski definition) is 2. The van der Waals surface area contributed by atoms with E-state index in [1.54, 1.807) is 29.4 Å². The summed E-state index contributed by atoms with van der Waals surface area (Å²) in [5.41, 5.74) is 9.51. The van der Waals surface area contributed by atoms with Gasteiger partial charge in [0.15, 0.2) is 0 Å². The molecule has 0 spiro atoms. The largest absolute Gasteiger partial charge is 0.507 e. The fraction of sp³-hybridized carbons (Fsp3) is 0.320. The number of piperazine rings is 1. The Bertz CT molecular complexity index is 1150. The second kappa shape index (κ2) is 8.97. The first kappa shape index (κ1) is 22.4. The van der Waals surface area contributed by atoms with Gasteiger partial charge in [0, 0.05) is 61.0 Å². The van der Waals surface area contributed by atoms with E-state index in [1.807, 2.05) is 51.1 Å². The Labute approximate surface area is 193 Å². The Morgan fingerprint density at radius 2 is 1.76 bits per heavy atom. The Balaban J connectivity index is 1.53. The molecule has 0 aliphatic carbocycles. The number of phenolic OH excluding ortho intramolecular Hbond substituents is 1. The average Bonchev–Trinajstić information content (AvgIpc) is 2.79. The minimum absolute atomic E-state index is 0.180. The van der Waals surface area contributed by atoms with Crippen molar-refractivity contribution in [2.45, 2.75) is 26.4 Å². The lowest BCUT2D eigenvalue weighted by Crippen LogP contribution is -2.50. The van der Waals surface area contributed by atoms with E-state index in [2.05, 4.69) is 14.9 Å². The minimum Gasteiger partial charge on any atom is -0.507 e. The summed E-state index contributed by atoms with van der Waals surface area (Å²) in [5.74, 6) is 0.549. The zero-order valence-electron chi connectivity index (χ0n) is 19.2. The van der Waals surface area contributed by atoms with Crippen LogP contribution in [0.3, 0.4) is 0 Å². The smallest absolute Gasteiger partial charge is 0.410 e. The summed E-state index contributed by atoms with van der Waals surface area (Å²) in [7, 11) is 0. The molecule has 3 aromatic rings. The van der Waals surface area contributed by atoms with Crippen LogP contribution in [0.1, 0.15) is 20.8 Å². The number of aromatic nitrogens is 2. The van der Waals surface area contributed by atoms with E-state index in [0.29, 0.717) is 48.8 Å². The summed E-state index contributed by atoms with van der Waals surface area (Å²) in [6, 6.07) is 12.9. The van der Waals surface area contributed by atoms with Crippen molar-refractivity contribution in [3.05, 3.63) is 54.9 Å². The Kier molecular flexibility index (Phi) is 6.09. The highest BCUT2D eigenvalue weighted by Gasteiger charge is 2.26. The topological polar surface area (TPSA) is 105 Å². The van der Waals surface area contributed by atoms with Crippen LogP contribution in [0.15, 0.2) is 54.9 Å². The second-order valence-electron chi connectivity index (χ2n) is 9.03. The van der Waals surface area contributed by atoms with Gasteiger partial charge in [-0.2, -0.15) is 0 Å². The number of aromatic hydroxyl groups is 1. The number of benzene rings is 1. The van der Waals surface area contributed by atoms with Crippen LogP contribution in [0.2, 0.25) is 0 Å². The van der Waals surface area contributed by atoms with Crippen molar-refractivity contribution >= 4 is 17.6 Å². The van der Waals surface area contributed by atoms with Crippen LogP contribution in [-0.4, -0.2) is 57.8 Å². The number of nitrogen functional groups attached to an aromatic ring is 1. The van der Waals surface area contributed by atoms with Crippen molar-refractivity contribution in [2.75, 3.05) is 36.8 Å². The highest BCUT2D eigenvalue weighted by molar-refractivity contribution is 5.80. The number of pyridine rings is 2. The Morgan fingerprint density at radius 1 is 1.03 bits per heavy atom. The zero-order valence-corrected chi connectivity index (χ0v) is 19.2. The number of ether oxygens (including phenoxy) is 1. The van der Waals surface area contributed by atoms with E-state index < -0.39 is 5.60 Å². The van der Waals surface area contributed by atoms with Gasteiger partial charge in [0.2, 0.25) is 0 Å². The lowest BCUT2D eigenvalue weighted by atomic mass is 10.0. The summed E-state index contributed by atoms with van der Waals surface area (Å²) in [5, 5.41) is 10.2. The summed E-state index contributed by atoms with van der Waals surface area (Å²) in [6.45, 7) is 8.15. The third kappa shape index (κ3) is 5.16. The highest BCUT2D eigenvalue weighted by Crippen LogP contribution is 2.34. The number of anilines is 2. The van der Waals surface area contributed by atoms with E-state index in [1.165, 1.54) is 0 Å². The van der Waals surface area contributed by atoms with Gasteiger partial charge in [-0.15, -0.1) is 0 Å². The fourth-order valence-electron chi connectivity index (χ4n) is 3.78. The van der Waals surface area contributed by atoms with Gasteiger partial charge in [0.25, 0.3) is 0 Å². The molecule has 172 valence electrons. The molecule has 0 radical (unpaired) electrons. The van der Waals surface area contributed by atoms with Crippen molar-refractivity contribution in [1.82, 2.24) is 14.9 Å². The molecule has 1 saturated heterocycles. The third-order valence-corrected chi connectivity index (χ3v) is 5.45. The molecule has 3 heterocycles. The first-order valence-corrected chi connectivity index (χ1v) is 10.9. The van der Waals surface area contributed by atoms with Gasteiger partial charge in [-0.25, -0.2) is 9.78 Å². The first-order chi connectivity index (χ1) is 15.7. The van der Waals surface area contributed by atoms with Crippen LogP contribution in [0.4, 0.5) is 16.3 Å². The van der Waals surface area contributed by atoms with Gasteiger partial charge in [0.05, 0.1) is 5.69 Å². The molecule has 2 aromatic heterocycles. The Hall–Kier alpha value is -3.81. The van der Waals surface area contributed by atoms with Crippen LogP contribution in [0.25, 0.3) is 22.4 Å². The average molecular weight is 448 g/mol. The molecule has 0 bridgehead atoms. The molecule has 0 atom stereocenters. The maximum atomic E-state index is 12.3. The van der Waals surface area contributed by atoms with Gasteiger partial charge >= 0.3 is 6.09 Å². The molecular weight excluding hydrogens is 418 g/mol. The predicted octanol–water partition coefficient (Wildman–Crippen LogP) is 4.16. The molecule has 1 aromatic carbocycles. The molecule has 1 amide bonds. The lowest BCUT2D eigenvalue weighted by Gasteiger charge is -2.36. The van der Waals surface area contributed by atoms with E-state index in [0.717, 1.165) is 11.3 Å². The number of nitrogens with two attached hydrogens (primary N) is 1. The first-order valence-electron chi connectivity index (χ1n) is 10.9. The summed E-state index contributed by atoms with van der Waals surface area (Å²) < 4.78 is 5.48. The maximum Gasteiger partial charge on any atom is 0.410 e. The number of nitrogens with zero attached hydrogens (tertiary/aromatic N) is 4. The summed E-state index contributed by atoms with van der Waals surface area (Å²) in [6.07, 6.45) is 3.11. The molecule has 3 N–H and O–H groups in total. The maximum absolute atomic E-state index is 12.3. The molecule has 0 saturated carbocycles. The van der Waals surface area contributed by atoms with Crippen molar-refractivity contribution in [1.29, 1.82) is 0 Å². The molecule has 4 rings (SSSR count). The molecule has 0 unspecified atom stereocenters. The molecular formula is C25H29N5O3. The number of rotatable bonds is 3. The standard InChI is InChI=1S/C25H29N5O3/c1-25(2,3)33-24(32)30-12-10-29(11-13-30)18-8-9-27-21(15-18)20-14-17(16-28-23(20)26)19-6-4-5-7-22(19)31/h4-9,14-16,31H,10-13H2,1-3H3,(H2,26,28). The van der Waals surface area contributed by atoms with Crippen molar-refractivity contribution in [3.63, 3.8) is 0 Å². The van der Waals surface area contributed by atoms with Gasteiger partial charge in [-0.1, -0.05) is 18.2 Å². The van der Waals surface area contributed by atoms with E-state index in [4.69, 9.17) is 10.5 Å². The van der Waals surface area contributed by atoms with Gasteiger partial charge in [0.1, 0.15) is 17.2 Å². The molecule has 33 heavy (non-hydrogen) atoms. The molecule has 1 fully saturated rings. The van der Waals surface area contributed by atoms with Gasteiger partial charge < -0.3 is 25.4 Å². The zero-order chi connectivity index (χ0) is 23.6. The van der Waals surface area contributed by atoms with Crippen LogP contribution in [-0.2, 0) is 4.74 Å². The van der Waals surface area contributed by atoms with E-state index in [-0.39, 0.29) is 11.8 Å². The monoisotopic (exact) mass is 447 g/mol. The summed E-state index contributed by atoms with van der Waals surface area (Å²) >= 11 is 0. The van der Waals surface area contributed by atoms with Crippen LogP contribution < -0.4 is 10.6 Å². The van der Waals surface area contributed by atoms with Crippen molar-refractivity contribution in [3.8, 4) is 28.1 Å². The normalized spacial score (nSPS) is 14.3.